The summed E-state index contributed by atoms with van der Waals surface area (Å²) in [5.74, 6) is 0.152. The van der Waals surface area contributed by atoms with Crippen LogP contribution in [-0.2, 0) is 4.74 Å². The Kier molecular flexibility index (Phi) is 4.32. The third kappa shape index (κ3) is 2.73. The lowest BCUT2D eigenvalue weighted by Gasteiger charge is -2.08. The number of rotatable bonds is 4. The standard InChI is InChI=1S/C11H14N2O3/c1-4-12-13-10-6-5-8(15-2)7-9(10)11(14)16-3/h4-7,13H,1-3H3/b12-4+. The first-order valence-corrected chi connectivity index (χ1v) is 4.73. The molecule has 0 fully saturated rings. The second kappa shape index (κ2) is 5.75. The Morgan fingerprint density at radius 2 is 2.19 bits per heavy atom. The van der Waals surface area contributed by atoms with Gasteiger partial charge in [-0.05, 0) is 25.1 Å². The smallest absolute Gasteiger partial charge is 0.340 e. The largest absolute Gasteiger partial charge is 0.497 e. The van der Waals surface area contributed by atoms with Gasteiger partial charge >= 0.3 is 5.97 Å². The van der Waals surface area contributed by atoms with Crippen LogP contribution < -0.4 is 10.2 Å². The molecule has 5 heteroatoms. The molecule has 0 saturated heterocycles. The van der Waals surface area contributed by atoms with Crippen molar-refractivity contribution in [2.24, 2.45) is 5.10 Å². The van der Waals surface area contributed by atoms with Crippen LogP contribution in [0.15, 0.2) is 23.3 Å². The van der Waals surface area contributed by atoms with Crippen LogP contribution in [0.3, 0.4) is 0 Å². The molecule has 5 nitrogen and oxygen atoms in total. The molecule has 86 valence electrons. The van der Waals surface area contributed by atoms with Crippen molar-refractivity contribution in [3.05, 3.63) is 23.8 Å². The molecule has 0 aliphatic rings. The minimum atomic E-state index is -0.437. The Balaban J connectivity index is 3.10. The highest BCUT2D eigenvalue weighted by molar-refractivity contribution is 5.96. The number of esters is 1. The van der Waals surface area contributed by atoms with E-state index in [1.165, 1.54) is 14.2 Å². The number of carbonyl (C=O) groups is 1. The molecule has 0 aliphatic carbocycles. The van der Waals surface area contributed by atoms with Gasteiger partial charge in [0, 0.05) is 6.21 Å². The zero-order chi connectivity index (χ0) is 12.0. The van der Waals surface area contributed by atoms with Crippen molar-refractivity contribution in [1.82, 2.24) is 0 Å². The molecular weight excluding hydrogens is 208 g/mol. The minimum Gasteiger partial charge on any atom is -0.497 e. The van der Waals surface area contributed by atoms with Crippen LogP contribution in [-0.4, -0.2) is 26.4 Å². The highest BCUT2D eigenvalue weighted by Crippen LogP contribution is 2.22. The minimum absolute atomic E-state index is 0.382. The molecule has 0 heterocycles. The van der Waals surface area contributed by atoms with Gasteiger partial charge in [0.1, 0.15) is 5.75 Å². The zero-order valence-corrected chi connectivity index (χ0v) is 9.48. The van der Waals surface area contributed by atoms with E-state index in [1.807, 2.05) is 0 Å². The van der Waals surface area contributed by atoms with Crippen LogP contribution in [0, 0.1) is 0 Å². The van der Waals surface area contributed by atoms with Gasteiger partial charge in [-0.3, -0.25) is 5.43 Å². The number of hydrogen-bond donors (Lipinski definition) is 1. The van der Waals surface area contributed by atoms with E-state index in [2.05, 4.69) is 15.3 Å². The van der Waals surface area contributed by atoms with Crippen LogP contribution in [0.2, 0.25) is 0 Å². The number of ether oxygens (including phenoxy) is 2. The van der Waals surface area contributed by atoms with Crippen molar-refractivity contribution in [2.75, 3.05) is 19.6 Å². The predicted molar refractivity (Wildman–Crippen MR) is 62.1 cm³/mol. The molecule has 1 N–H and O–H groups in total. The first kappa shape index (κ1) is 12.0. The average Bonchev–Trinajstić information content (AvgIpc) is 2.35. The number of hydrazone groups is 1. The van der Waals surface area contributed by atoms with Crippen LogP contribution in [0.1, 0.15) is 17.3 Å². The summed E-state index contributed by atoms with van der Waals surface area (Å²) in [6.07, 6.45) is 1.59. The van der Waals surface area contributed by atoms with E-state index >= 15 is 0 Å². The fourth-order valence-corrected chi connectivity index (χ4v) is 1.16. The molecule has 1 aromatic rings. The number of benzene rings is 1. The van der Waals surface area contributed by atoms with Crippen LogP contribution in [0.4, 0.5) is 5.69 Å². The topological polar surface area (TPSA) is 59.9 Å². The van der Waals surface area contributed by atoms with Crippen molar-refractivity contribution in [1.29, 1.82) is 0 Å². The highest BCUT2D eigenvalue weighted by atomic mass is 16.5. The number of carbonyl (C=O) groups excluding carboxylic acids is 1. The van der Waals surface area contributed by atoms with E-state index in [0.29, 0.717) is 17.0 Å². The van der Waals surface area contributed by atoms with E-state index in [1.54, 1.807) is 31.3 Å². The normalized spacial score (nSPS) is 10.2. The van der Waals surface area contributed by atoms with Gasteiger partial charge in [0.2, 0.25) is 0 Å². The SMILES string of the molecule is C/C=N/Nc1ccc(OC)cc1C(=O)OC. The zero-order valence-electron chi connectivity index (χ0n) is 9.48. The highest BCUT2D eigenvalue weighted by Gasteiger charge is 2.12. The van der Waals surface area contributed by atoms with Gasteiger partial charge in [0.25, 0.3) is 0 Å². The quantitative estimate of drug-likeness (QED) is 0.480. The lowest BCUT2D eigenvalue weighted by atomic mass is 10.1. The number of anilines is 1. The van der Waals surface area contributed by atoms with E-state index in [9.17, 15) is 4.79 Å². The lowest BCUT2D eigenvalue weighted by molar-refractivity contribution is 0.0601. The summed E-state index contributed by atoms with van der Waals surface area (Å²) < 4.78 is 9.71. The number of methoxy groups -OCH3 is 2. The summed E-state index contributed by atoms with van der Waals surface area (Å²) in [7, 11) is 2.86. The van der Waals surface area contributed by atoms with E-state index in [-0.39, 0.29) is 0 Å². The molecule has 0 atom stereocenters. The van der Waals surface area contributed by atoms with Crippen molar-refractivity contribution in [2.45, 2.75) is 6.92 Å². The Morgan fingerprint density at radius 3 is 2.75 bits per heavy atom. The summed E-state index contributed by atoms with van der Waals surface area (Å²) in [5, 5.41) is 3.85. The van der Waals surface area contributed by atoms with Crippen molar-refractivity contribution >= 4 is 17.9 Å². The summed E-state index contributed by atoms with van der Waals surface area (Å²) >= 11 is 0. The van der Waals surface area contributed by atoms with Gasteiger partial charge in [0.05, 0.1) is 25.5 Å². The fourth-order valence-electron chi connectivity index (χ4n) is 1.16. The first-order chi connectivity index (χ1) is 7.72. The van der Waals surface area contributed by atoms with E-state index in [0.717, 1.165) is 0 Å². The molecule has 0 amide bonds. The summed E-state index contributed by atoms with van der Waals surface area (Å²) in [6, 6.07) is 5.04. The molecule has 1 aromatic carbocycles. The van der Waals surface area contributed by atoms with E-state index in [4.69, 9.17) is 4.74 Å². The Bertz CT molecular complexity index is 402. The molecule has 0 saturated carbocycles. The fraction of sp³-hybridized carbons (Fsp3) is 0.273. The number of hydrogen-bond acceptors (Lipinski definition) is 5. The Morgan fingerprint density at radius 1 is 1.44 bits per heavy atom. The van der Waals surface area contributed by atoms with Crippen LogP contribution in [0.25, 0.3) is 0 Å². The summed E-state index contributed by atoms with van der Waals surface area (Å²) in [5.41, 5.74) is 3.70. The van der Waals surface area contributed by atoms with Crippen molar-refractivity contribution < 1.29 is 14.3 Å². The van der Waals surface area contributed by atoms with Crippen molar-refractivity contribution in [3.8, 4) is 5.75 Å². The Labute approximate surface area is 94.1 Å². The average molecular weight is 222 g/mol. The van der Waals surface area contributed by atoms with Gasteiger partial charge in [-0.2, -0.15) is 5.10 Å². The van der Waals surface area contributed by atoms with Crippen molar-refractivity contribution in [3.63, 3.8) is 0 Å². The molecule has 0 bridgehead atoms. The first-order valence-electron chi connectivity index (χ1n) is 4.73. The molecular formula is C11H14N2O3. The summed E-state index contributed by atoms with van der Waals surface area (Å²) in [4.78, 5) is 11.5. The van der Waals surface area contributed by atoms with Gasteiger partial charge in [-0.15, -0.1) is 0 Å². The lowest BCUT2D eigenvalue weighted by Crippen LogP contribution is -2.05. The molecule has 0 aliphatic heterocycles. The maximum atomic E-state index is 11.5. The van der Waals surface area contributed by atoms with Crippen LogP contribution in [0.5, 0.6) is 5.75 Å². The number of nitrogens with one attached hydrogen (secondary N) is 1. The Hall–Kier alpha value is -2.04. The predicted octanol–water partition coefficient (Wildman–Crippen LogP) is 1.90. The molecule has 0 unspecified atom stereocenters. The molecule has 0 radical (unpaired) electrons. The third-order valence-corrected chi connectivity index (χ3v) is 1.95. The van der Waals surface area contributed by atoms with Gasteiger partial charge in [-0.1, -0.05) is 0 Å². The third-order valence-electron chi connectivity index (χ3n) is 1.95. The number of nitrogens with zero attached hydrogens (tertiary/aromatic N) is 1. The van der Waals surface area contributed by atoms with Gasteiger partial charge in [-0.25, -0.2) is 4.79 Å². The van der Waals surface area contributed by atoms with Crippen LogP contribution >= 0.6 is 0 Å². The second-order valence-electron chi connectivity index (χ2n) is 2.90. The molecule has 0 aromatic heterocycles. The second-order valence-corrected chi connectivity index (χ2v) is 2.90. The molecule has 0 spiro atoms. The van der Waals surface area contributed by atoms with Gasteiger partial charge < -0.3 is 9.47 Å². The van der Waals surface area contributed by atoms with E-state index < -0.39 is 5.97 Å². The maximum Gasteiger partial charge on any atom is 0.340 e. The monoisotopic (exact) mass is 222 g/mol. The molecule has 16 heavy (non-hydrogen) atoms. The van der Waals surface area contributed by atoms with Gasteiger partial charge in [0.15, 0.2) is 0 Å². The maximum absolute atomic E-state index is 11.5. The molecule has 1 rings (SSSR count). The summed E-state index contributed by atoms with van der Waals surface area (Å²) in [6.45, 7) is 1.77.